The smallest absolute Gasteiger partial charge is 0.340 e. The van der Waals surface area contributed by atoms with Gasteiger partial charge in [-0.25, -0.2) is 4.79 Å². The first-order valence-corrected chi connectivity index (χ1v) is 4.17. The van der Waals surface area contributed by atoms with Crippen molar-refractivity contribution in [1.82, 2.24) is 0 Å². The molecule has 0 aromatic heterocycles. The quantitative estimate of drug-likeness (QED) is 0.690. The predicted molar refractivity (Wildman–Crippen MR) is 44.9 cm³/mol. The number of hydrogen-bond acceptors (Lipinski definition) is 3. The van der Waals surface area contributed by atoms with Crippen LogP contribution in [0.15, 0.2) is 16.6 Å². The van der Waals surface area contributed by atoms with Gasteiger partial charge in [-0.15, -0.1) is 0 Å². The van der Waals surface area contributed by atoms with Crippen molar-refractivity contribution >= 4 is 21.9 Å². The number of halogens is 1. The molecule has 0 spiro atoms. The van der Waals surface area contributed by atoms with Crippen molar-refractivity contribution in [2.45, 2.75) is 6.61 Å². The lowest BCUT2D eigenvalue weighted by Crippen LogP contribution is -1.94. The maximum absolute atomic E-state index is 11.1. The molecule has 4 heteroatoms. The van der Waals surface area contributed by atoms with Crippen LogP contribution >= 0.6 is 15.9 Å². The van der Waals surface area contributed by atoms with Gasteiger partial charge in [0.2, 0.25) is 0 Å². The van der Waals surface area contributed by atoms with E-state index in [-0.39, 0.29) is 18.3 Å². The summed E-state index contributed by atoms with van der Waals surface area (Å²) in [6.07, 6.45) is 0. The average molecular weight is 229 g/mol. The topological polar surface area (TPSA) is 46.5 Å². The van der Waals surface area contributed by atoms with Gasteiger partial charge in [-0.2, -0.15) is 0 Å². The van der Waals surface area contributed by atoms with Crippen LogP contribution in [-0.2, 0) is 11.3 Å². The van der Waals surface area contributed by atoms with Crippen molar-refractivity contribution in [1.29, 1.82) is 0 Å². The minimum absolute atomic E-state index is 0.110. The van der Waals surface area contributed by atoms with Crippen LogP contribution in [0.5, 0.6) is 5.75 Å². The van der Waals surface area contributed by atoms with Gasteiger partial charge in [0.15, 0.2) is 0 Å². The monoisotopic (exact) mass is 228 g/mol. The summed E-state index contributed by atoms with van der Waals surface area (Å²) in [6, 6.07) is 3.16. The van der Waals surface area contributed by atoms with E-state index in [0.717, 1.165) is 0 Å². The second kappa shape index (κ2) is 2.48. The molecule has 1 aromatic carbocycles. The molecule has 0 saturated carbocycles. The molecule has 3 nitrogen and oxygen atoms in total. The Morgan fingerprint density at radius 3 is 2.92 bits per heavy atom. The molecule has 62 valence electrons. The van der Waals surface area contributed by atoms with Gasteiger partial charge in [-0.3, -0.25) is 0 Å². The zero-order valence-corrected chi connectivity index (χ0v) is 7.59. The highest BCUT2D eigenvalue weighted by atomic mass is 79.9. The largest absolute Gasteiger partial charge is 0.508 e. The van der Waals surface area contributed by atoms with Crippen LogP contribution in [0.4, 0.5) is 0 Å². The van der Waals surface area contributed by atoms with E-state index < -0.39 is 0 Å². The minimum atomic E-state index is -0.382. The molecule has 2 rings (SSSR count). The van der Waals surface area contributed by atoms with Crippen molar-refractivity contribution < 1.29 is 14.6 Å². The minimum Gasteiger partial charge on any atom is -0.508 e. The van der Waals surface area contributed by atoms with Gasteiger partial charge >= 0.3 is 5.97 Å². The van der Waals surface area contributed by atoms with Crippen LogP contribution in [0.1, 0.15) is 15.9 Å². The fourth-order valence-corrected chi connectivity index (χ4v) is 1.72. The van der Waals surface area contributed by atoms with Crippen molar-refractivity contribution in [3.05, 3.63) is 27.7 Å². The normalized spacial score (nSPS) is 14.2. The molecule has 0 atom stereocenters. The zero-order valence-electron chi connectivity index (χ0n) is 6.00. The molecule has 0 fully saturated rings. The van der Waals surface area contributed by atoms with Gasteiger partial charge in [0.05, 0.1) is 5.56 Å². The van der Waals surface area contributed by atoms with E-state index in [0.29, 0.717) is 15.6 Å². The highest BCUT2D eigenvalue weighted by molar-refractivity contribution is 9.10. The summed E-state index contributed by atoms with van der Waals surface area (Å²) < 4.78 is 5.42. The molecule has 12 heavy (non-hydrogen) atoms. The molecule has 1 heterocycles. The lowest BCUT2D eigenvalue weighted by molar-refractivity contribution is 0.0533. The molecule has 0 saturated heterocycles. The second-order valence-corrected chi connectivity index (χ2v) is 3.35. The highest BCUT2D eigenvalue weighted by Crippen LogP contribution is 2.33. The van der Waals surface area contributed by atoms with Gasteiger partial charge in [-0.05, 0) is 28.1 Å². The number of carbonyl (C=O) groups is 1. The summed E-state index contributed by atoms with van der Waals surface area (Å²) in [5.74, 6) is -0.271. The summed E-state index contributed by atoms with van der Waals surface area (Å²) in [4.78, 5) is 11.1. The summed E-state index contributed by atoms with van der Waals surface area (Å²) in [5.41, 5.74) is 1.00. The number of hydrogen-bond donors (Lipinski definition) is 1. The predicted octanol–water partition coefficient (Wildman–Crippen LogP) is 1.83. The van der Waals surface area contributed by atoms with Crippen molar-refractivity contribution in [2.24, 2.45) is 0 Å². The molecule has 0 bridgehead atoms. The van der Waals surface area contributed by atoms with E-state index in [1.807, 2.05) is 0 Å². The number of esters is 1. The Morgan fingerprint density at radius 2 is 2.25 bits per heavy atom. The number of cyclic esters (lactones) is 1. The van der Waals surface area contributed by atoms with Crippen LogP contribution < -0.4 is 0 Å². The Bertz CT molecular complexity index is 360. The lowest BCUT2D eigenvalue weighted by Gasteiger charge is -1.99. The Hall–Kier alpha value is -1.03. The van der Waals surface area contributed by atoms with Gasteiger partial charge in [0, 0.05) is 10.0 Å². The maximum atomic E-state index is 11.1. The Kier molecular flexibility index (Phi) is 1.58. The van der Waals surface area contributed by atoms with Gasteiger partial charge in [0.25, 0.3) is 0 Å². The van der Waals surface area contributed by atoms with E-state index in [1.54, 1.807) is 6.07 Å². The van der Waals surface area contributed by atoms with Crippen LogP contribution in [0.25, 0.3) is 0 Å². The van der Waals surface area contributed by atoms with Crippen molar-refractivity contribution in [2.75, 3.05) is 0 Å². The molecule has 1 aliphatic heterocycles. The first kappa shape index (κ1) is 7.61. The fourth-order valence-electron chi connectivity index (χ4n) is 1.18. The number of ether oxygens (including phenoxy) is 1. The number of phenols is 1. The summed E-state index contributed by atoms with van der Waals surface area (Å²) >= 11 is 3.21. The second-order valence-electron chi connectivity index (χ2n) is 2.50. The SMILES string of the molecule is O=C1OCc2c(O)ccc(Br)c21. The first-order valence-electron chi connectivity index (χ1n) is 3.37. The number of fused-ring (bicyclic) bond motifs is 1. The van der Waals surface area contributed by atoms with Crippen LogP contribution in [0.2, 0.25) is 0 Å². The molecule has 0 unspecified atom stereocenters. The number of carbonyl (C=O) groups excluding carboxylic acids is 1. The molecule has 1 aliphatic rings. The molecule has 0 amide bonds. The third-order valence-corrected chi connectivity index (χ3v) is 2.45. The Balaban J connectivity index is 2.72. The average Bonchev–Trinajstić information content (AvgIpc) is 2.42. The van der Waals surface area contributed by atoms with E-state index in [1.165, 1.54) is 6.07 Å². The lowest BCUT2D eigenvalue weighted by atomic mass is 10.1. The van der Waals surface area contributed by atoms with E-state index in [4.69, 9.17) is 4.74 Å². The highest BCUT2D eigenvalue weighted by Gasteiger charge is 2.26. The van der Waals surface area contributed by atoms with Crippen molar-refractivity contribution in [3.8, 4) is 5.75 Å². The van der Waals surface area contributed by atoms with Gasteiger partial charge in [-0.1, -0.05) is 0 Å². The summed E-state index contributed by atoms with van der Waals surface area (Å²) in [5, 5.41) is 9.32. The number of rotatable bonds is 0. The summed E-state index contributed by atoms with van der Waals surface area (Å²) in [6.45, 7) is 0.166. The molecule has 0 aliphatic carbocycles. The maximum Gasteiger partial charge on any atom is 0.340 e. The van der Waals surface area contributed by atoms with E-state index >= 15 is 0 Å². The van der Waals surface area contributed by atoms with E-state index in [2.05, 4.69) is 15.9 Å². The van der Waals surface area contributed by atoms with Crippen molar-refractivity contribution in [3.63, 3.8) is 0 Å². The standard InChI is InChI=1S/C8H5BrO3/c9-5-1-2-6(10)4-3-12-8(11)7(4)5/h1-2,10H,3H2. The molecular weight excluding hydrogens is 224 g/mol. The summed E-state index contributed by atoms with van der Waals surface area (Å²) in [7, 11) is 0. The van der Waals surface area contributed by atoms with E-state index in [9.17, 15) is 9.90 Å². The van der Waals surface area contributed by atoms with Crippen LogP contribution in [-0.4, -0.2) is 11.1 Å². The Labute approximate surface area is 77.1 Å². The van der Waals surface area contributed by atoms with Gasteiger partial charge in [0.1, 0.15) is 12.4 Å². The van der Waals surface area contributed by atoms with Gasteiger partial charge < -0.3 is 9.84 Å². The van der Waals surface area contributed by atoms with Crippen LogP contribution in [0, 0.1) is 0 Å². The third kappa shape index (κ3) is 0.914. The molecular formula is C8H5BrO3. The molecule has 1 aromatic rings. The third-order valence-electron chi connectivity index (χ3n) is 1.79. The number of aromatic hydroxyl groups is 1. The number of benzene rings is 1. The zero-order chi connectivity index (χ0) is 8.72. The first-order chi connectivity index (χ1) is 5.70. The van der Waals surface area contributed by atoms with Crippen LogP contribution in [0.3, 0.4) is 0 Å². The Morgan fingerprint density at radius 1 is 1.50 bits per heavy atom. The molecule has 0 radical (unpaired) electrons. The molecule has 1 N–H and O–H groups in total. The fraction of sp³-hybridized carbons (Fsp3) is 0.125. The number of phenolic OH excluding ortho intramolecular Hbond substituents is 1.